The molecule has 0 aromatic carbocycles. The highest BCUT2D eigenvalue weighted by molar-refractivity contribution is 7.89. The summed E-state index contributed by atoms with van der Waals surface area (Å²) < 4.78 is 32.8. The highest BCUT2D eigenvalue weighted by Gasteiger charge is 2.32. The Balaban J connectivity index is 1.55. The van der Waals surface area contributed by atoms with E-state index < -0.39 is 10.0 Å². The average molecular weight is 393 g/mol. The van der Waals surface area contributed by atoms with Crippen molar-refractivity contribution in [2.45, 2.75) is 50.0 Å². The van der Waals surface area contributed by atoms with E-state index in [1.165, 1.54) is 12.3 Å². The fourth-order valence-electron chi connectivity index (χ4n) is 3.69. The van der Waals surface area contributed by atoms with E-state index in [0.29, 0.717) is 25.3 Å². The van der Waals surface area contributed by atoms with Crippen molar-refractivity contribution < 1.29 is 17.6 Å². The van der Waals surface area contributed by atoms with Crippen LogP contribution in [0.3, 0.4) is 0 Å². The molecular formula is C17H23N5O4S. The summed E-state index contributed by atoms with van der Waals surface area (Å²) in [6.45, 7) is 3.84. The van der Waals surface area contributed by atoms with Crippen molar-refractivity contribution in [3.05, 3.63) is 18.2 Å². The fourth-order valence-corrected chi connectivity index (χ4v) is 5.38. The van der Waals surface area contributed by atoms with Crippen molar-refractivity contribution in [1.82, 2.24) is 24.4 Å². The van der Waals surface area contributed by atoms with Crippen molar-refractivity contribution in [2.24, 2.45) is 0 Å². The van der Waals surface area contributed by atoms with Gasteiger partial charge < -0.3 is 14.3 Å². The van der Waals surface area contributed by atoms with Crippen LogP contribution >= 0.6 is 0 Å². The van der Waals surface area contributed by atoms with Crippen molar-refractivity contribution in [1.29, 1.82) is 0 Å². The summed E-state index contributed by atoms with van der Waals surface area (Å²) in [4.78, 5) is 17.0. The van der Waals surface area contributed by atoms with Gasteiger partial charge in [-0.3, -0.25) is 4.79 Å². The number of nitrogens with zero attached hydrogens (tertiary/aromatic N) is 4. The third-order valence-corrected chi connectivity index (χ3v) is 7.23. The highest BCUT2D eigenvalue weighted by atomic mass is 32.2. The van der Waals surface area contributed by atoms with Gasteiger partial charge in [0.2, 0.25) is 10.0 Å². The molecule has 27 heavy (non-hydrogen) atoms. The number of hydrogen-bond acceptors (Lipinski definition) is 6. The van der Waals surface area contributed by atoms with Crippen molar-refractivity contribution in [2.75, 3.05) is 19.6 Å². The van der Waals surface area contributed by atoms with Gasteiger partial charge in [-0.2, -0.15) is 4.31 Å². The zero-order valence-electron chi connectivity index (χ0n) is 15.2. The molecule has 0 radical (unpaired) electrons. The molecule has 0 unspecified atom stereocenters. The first kappa shape index (κ1) is 18.2. The summed E-state index contributed by atoms with van der Waals surface area (Å²) in [5.74, 6) is -0.256. The molecule has 10 heteroatoms. The molecule has 1 amide bonds. The Hall–Kier alpha value is -2.20. The summed E-state index contributed by atoms with van der Waals surface area (Å²) in [7, 11) is -3.58. The number of hydrogen-bond donors (Lipinski definition) is 1. The van der Waals surface area contributed by atoms with Crippen LogP contribution in [-0.2, 0) is 10.0 Å². The van der Waals surface area contributed by atoms with E-state index in [9.17, 15) is 13.2 Å². The molecule has 9 nitrogen and oxygen atoms in total. The van der Waals surface area contributed by atoms with Crippen LogP contribution in [0.2, 0.25) is 0 Å². The van der Waals surface area contributed by atoms with Crippen LogP contribution in [0.4, 0.5) is 0 Å². The molecule has 1 atom stereocenters. The molecule has 2 aromatic rings. The predicted molar refractivity (Wildman–Crippen MR) is 96.4 cm³/mol. The normalized spacial score (nSPS) is 21.7. The number of H-pyrrole nitrogens is 1. The summed E-state index contributed by atoms with van der Waals surface area (Å²) in [5.41, 5.74) is 0.381. The predicted octanol–water partition coefficient (Wildman–Crippen LogP) is 1.86. The van der Waals surface area contributed by atoms with Gasteiger partial charge in [0.15, 0.2) is 0 Å². The maximum Gasteiger partial charge on any atom is 0.311 e. The van der Waals surface area contributed by atoms with E-state index >= 15 is 0 Å². The first-order valence-electron chi connectivity index (χ1n) is 9.30. The summed E-state index contributed by atoms with van der Waals surface area (Å²) in [6.07, 6.45) is 6.15. The van der Waals surface area contributed by atoms with E-state index in [2.05, 4.69) is 15.2 Å². The zero-order chi connectivity index (χ0) is 19.0. The van der Waals surface area contributed by atoms with Crippen molar-refractivity contribution in [3.8, 4) is 11.6 Å². The van der Waals surface area contributed by atoms with Crippen molar-refractivity contribution >= 4 is 15.9 Å². The summed E-state index contributed by atoms with van der Waals surface area (Å²) >= 11 is 0. The first-order chi connectivity index (χ1) is 13.0. The van der Waals surface area contributed by atoms with Gasteiger partial charge in [0.05, 0.1) is 0 Å². The zero-order valence-corrected chi connectivity index (χ0v) is 16.0. The van der Waals surface area contributed by atoms with E-state index in [0.717, 1.165) is 32.1 Å². The Morgan fingerprint density at radius 3 is 2.67 bits per heavy atom. The van der Waals surface area contributed by atoms with Crippen LogP contribution in [0.5, 0.6) is 0 Å². The van der Waals surface area contributed by atoms with Gasteiger partial charge in [0.25, 0.3) is 5.89 Å². The van der Waals surface area contributed by atoms with Gasteiger partial charge in [-0.25, -0.2) is 8.42 Å². The minimum Gasteiger partial charge on any atom is -0.411 e. The fraction of sp³-hybridized carbons (Fsp3) is 0.588. The Morgan fingerprint density at radius 1 is 1.19 bits per heavy atom. The van der Waals surface area contributed by atoms with Crippen LogP contribution in [-0.4, -0.2) is 64.4 Å². The molecule has 2 aliphatic heterocycles. The lowest BCUT2D eigenvalue weighted by molar-refractivity contribution is 0.0754. The quantitative estimate of drug-likeness (QED) is 0.848. The van der Waals surface area contributed by atoms with Crippen LogP contribution in [0.25, 0.3) is 11.6 Å². The highest BCUT2D eigenvalue weighted by Crippen LogP contribution is 2.28. The molecule has 0 saturated carbocycles. The number of aromatic amines is 1. The number of likely N-dealkylation sites (tertiary alicyclic amines) is 1. The maximum atomic E-state index is 12.9. The number of piperidine rings is 1. The van der Waals surface area contributed by atoms with Gasteiger partial charge in [-0.15, -0.1) is 10.2 Å². The minimum absolute atomic E-state index is 0.0183. The number of sulfonamides is 1. The largest absolute Gasteiger partial charge is 0.411 e. The maximum absolute atomic E-state index is 12.9. The Bertz CT molecular complexity index is 929. The molecule has 2 aromatic heterocycles. The third-order valence-electron chi connectivity index (χ3n) is 5.24. The molecule has 4 rings (SSSR count). The number of rotatable bonds is 4. The van der Waals surface area contributed by atoms with E-state index in [-0.39, 0.29) is 28.6 Å². The molecule has 146 valence electrons. The molecule has 1 N–H and O–H groups in total. The van der Waals surface area contributed by atoms with E-state index in [1.807, 2.05) is 6.92 Å². The number of nitrogens with one attached hydrogen (secondary N) is 1. The number of carbonyl (C=O) groups is 1. The molecule has 2 aliphatic rings. The van der Waals surface area contributed by atoms with E-state index in [4.69, 9.17) is 4.42 Å². The van der Waals surface area contributed by atoms with Gasteiger partial charge >= 0.3 is 11.8 Å². The Kier molecular flexibility index (Phi) is 4.77. The standard InChI is InChI=1S/C17H23N5O4S/c1-12-6-2-3-9-22(12)27(24,25)13-10-14(18-11-13)15-19-20-16(26-15)17(23)21-7-4-5-8-21/h10-12,18H,2-9H2,1H3/t12-/m1/s1. The SMILES string of the molecule is C[C@@H]1CCCCN1S(=O)(=O)c1c[nH]c(-c2nnc(C(=O)N3CCCC3)o2)c1. The molecule has 2 fully saturated rings. The molecule has 2 saturated heterocycles. The van der Waals surface area contributed by atoms with Crippen LogP contribution in [0.1, 0.15) is 49.7 Å². The second-order valence-corrected chi connectivity index (χ2v) is 9.01. The van der Waals surface area contributed by atoms with Crippen LogP contribution in [0.15, 0.2) is 21.6 Å². The molecule has 0 bridgehead atoms. The summed E-state index contributed by atoms with van der Waals surface area (Å²) in [6, 6.07) is 1.46. The lowest BCUT2D eigenvalue weighted by Crippen LogP contribution is -2.41. The van der Waals surface area contributed by atoms with Gasteiger partial charge in [-0.1, -0.05) is 6.42 Å². The third kappa shape index (κ3) is 3.39. The topological polar surface area (TPSA) is 112 Å². The number of amides is 1. The van der Waals surface area contributed by atoms with Gasteiger partial charge in [0.1, 0.15) is 10.6 Å². The Labute approximate surface area is 157 Å². The minimum atomic E-state index is -3.58. The second kappa shape index (κ2) is 7.08. The smallest absolute Gasteiger partial charge is 0.311 e. The van der Waals surface area contributed by atoms with E-state index in [1.54, 1.807) is 9.21 Å². The average Bonchev–Trinajstić information content (AvgIpc) is 3.42. The van der Waals surface area contributed by atoms with Crippen LogP contribution < -0.4 is 0 Å². The molecule has 0 spiro atoms. The number of carbonyl (C=O) groups excluding carboxylic acids is 1. The van der Waals surface area contributed by atoms with Crippen molar-refractivity contribution in [3.63, 3.8) is 0 Å². The lowest BCUT2D eigenvalue weighted by Gasteiger charge is -2.31. The second-order valence-electron chi connectivity index (χ2n) is 7.12. The lowest BCUT2D eigenvalue weighted by atomic mass is 10.1. The molecule has 0 aliphatic carbocycles. The number of aromatic nitrogens is 3. The summed E-state index contributed by atoms with van der Waals surface area (Å²) in [5, 5.41) is 7.72. The monoisotopic (exact) mass is 393 g/mol. The molecule has 4 heterocycles. The van der Waals surface area contributed by atoms with Crippen LogP contribution in [0, 0.1) is 0 Å². The van der Waals surface area contributed by atoms with Gasteiger partial charge in [-0.05, 0) is 38.7 Å². The molecular weight excluding hydrogens is 370 g/mol. The first-order valence-corrected chi connectivity index (χ1v) is 10.7. The Morgan fingerprint density at radius 2 is 1.93 bits per heavy atom. The van der Waals surface area contributed by atoms with Gasteiger partial charge in [0, 0.05) is 31.9 Å².